The average Bonchev–Trinajstić information content (AvgIpc) is 2.84. The lowest BCUT2D eigenvalue weighted by Gasteiger charge is -2.10. The zero-order valence-corrected chi connectivity index (χ0v) is 14.9. The first-order valence-corrected chi connectivity index (χ1v) is 9.01. The maximum Gasteiger partial charge on any atom is 0.242 e. The lowest BCUT2D eigenvalue weighted by molar-refractivity contribution is -0.117. The minimum absolute atomic E-state index is 0.191. The summed E-state index contributed by atoms with van der Waals surface area (Å²) in [6.45, 7) is 6.08. The highest BCUT2D eigenvalue weighted by molar-refractivity contribution is 7.98. The number of nitrogens with two attached hydrogens (primary N) is 1. The molecule has 5 nitrogen and oxygen atoms in total. The Labute approximate surface area is 141 Å². The van der Waals surface area contributed by atoms with Crippen LogP contribution in [0, 0.1) is 20.8 Å². The van der Waals surface area contributed by atoms with E-state index in [1.54, 1.807) is 11.8 Å². The van der Waals surface area contributed by atoms with Gasteiger partial charge in [0.05, 0.1) is 11.7 Å². The number of nitrogens with zero attached hydrogens (tertiary/aromatic N) is 2. The summed E-state index contributed by atoms with van der Waals surface area (Å²) in [5.74, 6) is 1.21. The van der Waals surface area contributed by atoms with Crippen LogP contribution in [0.15, 0.2) is 24.3 Å². The van der Waals surface area contributed by atoms with Gasteiger partial charge >= 0.3 is 0 Å². The van der Waals surface area contributed by atoms with Crippen LogP contribution in [0.5, 0.6) is 0 Å². The van der Waals surface area contributed by atoms with Crippen LogP contribution in [0.1, 0.15) is 23.2 Å². The Kier molecular flexibility index (Phi) is 5.85. The molecule has 2 aromatic rings. The van der Waals surface area contributed by atoms with Gasteiger partial charge in [0, 0.05) is 11.8 Å². The Hall–Kier alpha value is -1.79. The molecule has 0 aliphatic rings. The van der Waals surface area contributed by atoms with E-state index in [1.807, 2.05) is 23.9 Å². The van der Waals surface area contributed by atoms with E-state index in [9.17, 15) is 4.79 Å². The minimum atomic E-state index is -0.505. The summed E-state index contributed by atoms with van der Waals surface area (Å²) in [6, 6.07) is 7.62. The fourth-order valence-corrected chi connectivity index (χ4v) is 2.95. The third-order valence-electron chi connectivity index (χ3n) is 3.56. The predicted octanol–water partition coefficient (Wildman–Crippen LogP) is 2.82. The highest BCUT2D eigenvalue weighted by Gasteiger charge is 2.15. The van der Waals surface area contributed by atoms with Crippen LogP contribution in [0.3, 0.4) is 0 Å². The van der Waals surface area contributed by atoms with E-state index >= 15 is 0 Å². The van der Waals surface area contributed by atoms with Crippen molar-refractivity contribution >= 4 is 23.5 Å². The zero-order chi connectivity index (χ0) is 17.0. The maximum atomic E-state index is 12.1. The molecule has 0 aliphatic carbocycles. The molecule has 2 rings (SSSR count). The molecule has 1 atom stereocenters. The van der Waals surface area contributed by atoms with Crippen LogP contribution in [0.2, 0.25) is 0 Å². The van der Waals surface area contributed by atoms with Crippen LogP contribution in [0.4, 0.5) is 5.82 Å². The number of benzene rings is 1. The van der Waals surface area contributed by atoms with Crippen molar-refractivity contribution in [1.82, 2.24) is 9.78 Å². The van der Waals surface area contributed by atoms with Crippen molar-refractivity contribution in [1.29, 1.82) is 0 Å². The highest BCUT2D eigenvalue weighted by atomic mass is 32.2. The SMILES string of the molecule is CSCCC(N)C(=O)Nc1cc(C)n(-c2cc(C)cc(C)c2)n1. The van der Waals surface area contributed by atoms with Crippen molar-refractivity contribution in [3.05, 3.63) is 41.1 Å². The molecule has 1 amide bonds. The van der Waals surface area contributed by atoms with Crippen LogP contribution in [0.25, 0.3) is 5.69 Å². The van der Waals surface area contributed by atoms with Gasteiger partial charge in [0.25, 0.3) is 0 Å². The summed E-state index contributed by atoms with van der Waals surface area (Å²) >= 11 is 1.68. The molecule has 23 heavy (non-hydrogen) atoms. The van der Waals surface area contributed by atoms with E-state index in [0.29, 0.717) is 12.2 Å². The average molecular weight is 332 g/mol. The Morgan fingerprint density at radius 2 is 1.91 bits per heavy atom. The van der Waals surface area contributed by atoms with Crippen molar-refractivity contribution in [3.8, 4) is 5.69 Å². The molecule has 0 radical (unpaired) electrons. The van der Waals surface area contributed by atoms with Crippen LogP contribution in [-0.4, -0.2) is 33.7 Å². The van der Waals surface area contributed by atoms with Gasteiger partial charge in [-0.1, -0.05) is 6.07 Å². The van der Waals surface area contributed by atoms with Crippen molar-refractivity contribution < 1.29 is 4.79 Å². The first-order chi connectivity index (χ1) is 10.9. The van der Waals surface area contributed by atoms with Gasteiger partial charge in [-0.15, -0.1) is 5.10 Å². The van der Waals surface area contributed by atoms with E-state index in [0.717, 1.165) is 17.1 Å². The van der Waals surface area contributed by atoms with Crippen molar-refractivity contribution in [2.24, 2.45) is 5.73 Å². The minimum Gasteiger partial charge on any atom is -0.320 e. The summed E-state index contributed by atoms with van der Waals surface area (Å²) < 4.78 is 1.84. The third kappa shape index (κ3) is 4.59. The lowest BCUT2D eigenvalue weighted by atomic mass is 10.1. The first kappa shape index (κ1) is 17.6. The Balaban J connectivity index is 2.16. The normalized spacial score (nSPS) is 12.2. The van der Waals surface area contributed by atoms with Crippen molar-refractivity contribution in [3.63, 3.8) is 0 Å². The smallest absolute Gasteiger partial charge is 0.242 e. The molecule has 1 aromatic carbocycles. The summed E-state index contributed by atoms with van der Waals surface area (Å²) in [4.78, 5) is 12.1. The van der Waals surface area contributed by atoms with Gasteiger partial charge in [0.2, 0.25) is 5.91 Å². The Morgan fingerprint density at radius 3 is 2.52 bits per heavy atom. The number of hydrogen-bond acceptors (Lipinski definition) is 4. The van der Waals surface area contributed by atoms with Crippen LogP contribution in [-0.2, 0) is 4.79 Å². The standard InChI is InChI=1S/C17H24N4OS/c1-11-7-12(2)9-14(8-11)21-13(3)10-16(20-21)19-17(22)15(18)5-6-23-4/h7-10,15H,5-6,18H2,1-4H3,(H,19,20,22). The third-order valence-corrected chi connectivity index (χ3v) is 4.20. The molecule has 6 heteroatoms. The fourth-order valence-electron chi connectivity index (χ4n) is 2.46. The molecule has 0 fully saturated rings. The predicted molar refractivity (Wildman–Crippen MR) is 97.4 cm³/mol. The molecule has 0 saturated carbocycles. The Morgan fingerprint density at radius 1 is 1.26 bits per heavy atom. The molecule has 0 saturated heterocycles. The van der Waals surface area contributed by atoms with Gasteiger partial charge in [-0.3, -0.25) is 4.79 Å². The first-order valence-electron chi connectivity index (χ1n) is 7.61. The summed E-state index contributed by atoms with van der Waals surface area (Å²) in [6.07, 6.45) is 2.66. The molecule has 0 spiro atoms. The molecule has 1 aromatic heterocycles. The summed E-state index contributed by atoms with van der Waals surface area (Å²) in [5.41, 5.74) is 10.2. The number of aryl methyl sites for hydroxylation is 3. The van der Waals surface area contributed by atoms with Gasteiger partial charge in [0.1, 0.15) is 0 Å². The Bertz CT molecular complexity index is 676. The lowest BCUT2D eigenvalue weighted by Crippen LogP contribution is -2.36. The number of hydrogen-bond donors (Lipinski definition) is 2. The summed E-state index contributed by atoms with van der Waals surface area (Å²) in [7, 11) is 0. The van der Waals surface area contributed by atoms with E-state index < -0.39 is 6.04 Å². The number of thioether (sulfide) groups is 1. The van der Waals surface area contributed by atoms with E-state index in [-0.39, 0.29) is 5.91 Å². The number of carbonyl (C=O) groups excluding carboxylic acids is 1. The van der Waals surface area contributed by atoms with Gasteiger partial charge in [-0.2, -0.15) is 11.8 Å². The van der Waals surface area contributed by atoms with E-state index in [4.69, 9.17) is 5.73 Å². The topological polar surface area (TPSA) is 72.9 Å². The van der Waals surface area contributed by atoms with Gasteiger partial charge in [0.15, 0.2) is 5.82 Å². The highest BCUT2D eigenvalue weighted by Crippen LogP contribution is 2.18. The van der Waals surface area contributed by atoms with E-state index in [1.165, 1.54) is 11.1 Å². The van der Waals surface area contributed by atoms with Crippen LogP contribution < -0.4 is 11.1 Å². The molecule has 1 heterocycles. The number of amides is 1. The molecule has 0 aliphatic heterocycles. The second kappa shape index (κ2) is 7.66. The molecular weight excluding hydrogens is 308 g/mol. The maximum absolute atomic E-state index is 12.1. The van der Waals surface area contributed by atoms with E-state index in [2.05, 4.69) is 42.5 Å². The number of aromatic nitrogens is 2. The van der Waals surface area contributed by atoms with Gasteiger partial charge < -0.3 is 11.1 Å². The van der Waals surface area contributed by atoms with Gasteiger partial charge in [-0.05, 0) is 62.5 Å². The number of nitrogens with one attached hydrogen (secondary N) is 1. The zero-order valence-electron chi connectivity index (χ0n) is 14.1. The van der Waals surface area contributed by atoms with Crippen molar-refractivity contribution in [2.45, 2.75) is 33.2 Å². The molecule has 1 unspecified atom stereocenters. The number of anilines is 1. The van der Waals surface area contributed by atoms with Crippen LogP contribution >= 0.6 is 11.8 Å². The fraction of sp³-hybridized carbons (Fsp3) is 0.412. The monoisotopic (exact) mass is 332 g/mol. The molecule has 3 N–H and O–H groups in total. The quantitative estimate of drug-likeness (QED) is 0.853. The van der Waals surface area contributed by atoms with Crippen molar-refractivity contribution in [2.75, 3.05) is 17.3 Å². The molecule has 124 valence electrons. The number of carbonyl (C=O) groups is 1. The second-order valence-electron chi connectivity index (χ2n) is 5.81. The molecular formula is C17H24N4OS. The molecule has 0 bridgehead atoms. The van der Waals surface area contributed by atoms with Gasteiger partial charge in [-0.25, -0.2) is 4.68 Å². The largest absolute Gasteiger partial charge is 0.320 e. The summed E-state index contributed by atoms with van der Waals surface area (Å²) in [5, 5.41) is 7.29. The number of rotatable bonds is 6. The second-order valence-corrected chi connectivity index (χ2v) is 6.79.